The van der Waals surface area contributed by atoms with Crippen molar-refractivity contribution in [3.05, 3.63) is 34.7 Å². The van der Waals surface area contributed by atoms with Crippen LogP contribution in [-0.2, 0) is 6.42 Å². The number of anilines is 1. The molecule has 1 aromatic heterocycles. The number of nitrogen functional groups attached to an aromatic ring is 1. The first-order valence-corrected chi connectivity index (χ1v) is 7.31. The van der Waals surface area contributed by atoms with Crippen molar-refractivity contribution in [2.75, 3.05) is 5.73 Å². The molecule has 3 rings (SSSR count). The zero-order chi connectivity index (χ0) is 14.1. The lowest BCUT2D eigenvalue weighted by Gasteiger charge is -2.10. The lowest BCUT2D eigenvalue weighted by Crippen LogP contribution is -2.01. The van der Waals surface area contributed by atoms with Crippen LogP contribution < -0.4 is 5.73 Å². The highest BCUT2D eigenvalue weighted by molar-refractivity contribution is 6.31. The van der Waals surface area contributed by atoms with E-state index in [9.17, 15) is 4.39 Å². The first-order valence-electron chi connectivity index (χ1n) is 6.94. The number of nitrogens with two attached hydrogens (primary N) is 1. The summed E-state index contributed by atoms with van der Waals surface area (Å²) in [4.78, 5) is 0. The van der Waals surface area contributed by atoms with Crippen LogP contribution in [0.1, 0.15) is 31.4 Å². The SMILES string of the molecule is Nc1n[nH]c(CC2CCCC2)c1-c1cccc(Cl)c1F. The Kier molecular flexibility index (Phi) is 3.66. The van der Waals surface area contributed by atoms with Gasteiger partial charge in [-0.1, -0.05) is 49.4 Å². The molecule has 20 heavy (non-hydrogen) atoms. The Balaban J connectivity index is 2.00. The molecule has 0 bridgehead atoms. The fraction of sp³-hybridized carbons (Fsp3) is 0.400. The van der Waals surface area contributed by atoms with Crippen LogP contribution in [0.25, 0.3) is 11.1 Å². The van der Waals surface area contributed by atoms with E-state index in [4.69, 9.17) is 17.3 Å². The minimum Gasteiger partial charge on any atom is -0.382 e. The summed E-state index contributed by atoms with van der Waals surface area (Å²) in [6.45, 7) is 0. The number of hydrogen-bond acceptors (Lipinski definition) is 2. The van der Waals surface area contributed by atoms with E-state index in [0.717, 1.165) is 12.1 Å². The zero-order valence-electron chi connectivity index (χ0n) is 11.1. The average molecular weight is 294 g/mol. The summed E-state index contributed by atoms with van der Waals surface area (Å²) >= 11 is 5.86. The van der Waals surface area contributed by atoms with E-state index in [1.807, 2.05) is 0 Å². The quantitative estimate of drug-likeness (QED) is 0.892. The van der Waals surface area contributed by atoms with E-state index < -0.39 is 5.82 Å². The van der Waals surface area contributed by atoms with Crippen molar-refractivity contribution in [3.8, 4) is 11.1 Å². The zero-order valence-corrected chi connectivity index (χ0v) is 11.9. The third-order valence-corrected chi connectivity index (χ3v) is 4.35. The summed E-state index contributed by atoms with van der Waals surface area (Å²) < 4.78 is 14.2. The van der Waals surface area contributed by atoms with E-state index in [1.165, 1.54) is 31.7 Å². The number of nitrogens with zero attached hydrogens (tertiary/aromatic N) is 1. The van der Waals surface area contributed by atoms with Gasteiger partial charge >= 0.3 is 0 Å². The number of aromatic amines is 1. The molecule has 0 saturated heterocycles. The van der Waals surface area contributed by atoms with Crippen molar-refractivity contribution in [1.29, 1.82) is 0 Å². The van der Waals surface area contributed by atoms with Crippen molar-refractivity contribution in [2.24, 2.45) is 5.92 Å². The summed E-state index contributed by atoms with van der Waals surface area (Å²) in [5, 5.41) is 7.12. The molecule has 0 aliphatic heterocycles. The summed E-state index contributed by atoms with van der Waals surface area (Å²) in [6, 6.07) is 4.96. The molecule has 1 saturated carbocycles. The molecule has 1 aliphatic rings. The average Bonchev–Trinajstić information content (AvgIpc) is 3.05. The van der Waals surface area contributed by atoms with Crippen LogP contribution in [0.5, 0.6) is 0 Å². The van der Waals surface area contributed by atoms with E-state index in [0.29, 0.717) is 22.9 Å². The van der Waals surface area contributed by atoms with E-state index >= 15 is 0 Å². The second-order valence-corrected chi connectivity index (χ2v) is 5.83. The van der Waals surface area contributed by atoms with Gasteiger partial charge < -0.3 is 5.73 Å². The maximum atomic E-state index is 14.2. The molecule has 3 N–H and O–H groups in total. The minimum atomic E-state index is -0.435. The molecule has 1 aromatic carbocycles. The molecule has 1 heterocycles. The molecule has 3 nitrogen and oxygen atoms in total. The van der Waals surface area contributed by atoms with E-state index in [1.54, 1.807) is 12.1 Å². The number of nitrogens with one attached hydrogen (secondary N) is 1. The van der Waals surface area contributed by atoms with Gasteiger partial charge in [0.2, 0.25) is 0 Å². The van der Waals surface area contributed by atoms with Crippen molar-refractivity contribution in [2.45, 2.75) is 32.1 Å². The van der Waals surface area contributed by atoms with Crippen LogP contribution in [0.15, 0.2) is 18.2 Å². The van der Waals surface area contributed by atoms with Gasteiger partial charge in [0.15, 0.2) is 5.82 Å². The van der Waals surface area contributed by atoms with Crippen molar-refractivity contribution >= 4 is 17.4 Å². The summed E-state index contributed by atoms with van der Waals surface area (Å²) in [5.41, 5.74) is 7.92. The Labute approximate surface area is 122 Å². The molecular formula is C15H17ClFN3. The fourth-order valence-corrected chi connectivity index (χ4v) is 3.22. The van der Waals surface area contributed by atoms with Gasteiger partial charge in [-0.05, 0) is 18.4 Å². The van der Waals surface area contributed by atoms with Gasteiger partial charge in [-0.25, -0.2) is 4.39 Å². The van der Waals surface area contributed by atoms with E-state index in [-0.39, 0.29) is 5.02 Å². The van der Waals surface area contributed by atoms with Gasteiger partial charge in [-0.15, -0.1) is 0 Å². The molecule has 2 aromatic rings. The molecule has 0 spiro atoms. The first kappa shape index (κ1) is 13.4. The van der Waals surface area contributed by atoms with Crippen LogP contribution in [0.2, 0.25) is 5.02 Å². The van der Waals surface area contributed by atoms with Crippen molar-refractivity contribution in [1.82, 2.24) is 10.2 Å². The van der Waals surface area contributed by atoms with Crippen LogP contribution in [0, 0.1) is 11.7 Å². The predicted octanol–water partition coefficient (Wildman–Crippen LogP) is 4.18. The molecular weight excluding hydrogens is 277 g/mol. The van der Waals surface area contributed by atoms with Gasteiger partial charge in [0.1, 0.15) is 5.82 Å². The maximum absolute atomic E-state index is 14.2. The Morgan fingerprint density at radius 2 is 2.10 bits per heavy atom. The number of halogens is 2. The predicted molar refractivity (Wildman–Crippen MR) is 79.1 cm³/mol. The Bertz CT molecular complexity index is 618. The maximum Gasteiger partial charge on any atom is 0.153 e. The van der Waals surface area contributed by atoms with Crippen LogP contribution >= 0.6 is 11.6 Å². The largest absolute Gasteiger partial charge is 0.382 e. The summed E-state index contributed by atoms with van der Waals surface area (Å²) in [7, 11) is 0. The molecule has 0 radical (unpaired) electrons. The molecule has 1 aliphatic carbocycles. The minimum absolute atomic E-state index is 0.106. The highest BCUT2D eigenvalue weighted by Gasteiger charge is 2.22. The van der Waals surface area contributed by atoms with Gasteiger partial charge in [-0.3, -0.25) is 5.10 Å². The topological polar surface area (TPSA) is 54.7 Å². The normalized spacial score (nSPS) is 15.9. The van der Waals surface area contributed by atoms with Gasteiger partial charge in [0.25, 0.3) is 0 Å². The second kappa shape index (κ2) is 5.44. The molecule has 1 fully saturated rings. The van der Waals surface area contributed by atoms with Crippen LogP contribution in [0.4, 0.5) is 10.2 Å². The summed E-state index contributed by atoms with van der Waals surface area (Å²) in [6.07, 6.45) is 5.85. The number of rotatable bonds is 3. The van der Waals surface area contributed by atoms with Crippen molar-refractivity contribution in [3.63, 3.8) is 0 Å². The monoisotopic (exact) mass is 293 g/mol. The molecule has 0 atom stereocenters. The number of aromatic nitrogens is 2. The van der Waals surface area contributed by atoms with Crippen LogP contribution in [0.3, 0.4) is 0 Å². The second-order valence-electron chi connectivity index (χ2n) is 5.42. The molecule has 5 heteroatoms. The smallest absolute Gasteiger partial charge is 0.153 e. The highest BCUT2D eigenvalue weighted by atomic mass is 35.5. The van der Waals surface area contributed by atoms with Crippen LogP contribution in [-0.4, -0.2) is 10.2 Å². The van der Waals surface area contributed by atoms with E-state index in [2.05, 4.69) is 10.2 Å². The number of benzene rings is 1. The number of H-pyrrole nitrogens is 1. The van der Waals surface area contributed by atoms with Crippen molar-refractivity contribution < 1.29 is 4.39 Å². The number of hydrogen-bond donors (Lipinski definition) is 2. The third-order valence-electron chi connectivity index (χ3n) is 4.06. The standard InChI is InChI=1S/C15H17ClFN3/c16-11-7-3-6-10(14(11)17)13-12(19-20-15(13)18)8-9-4-1-2-5-9/h3,6-7,9H,1-2,4-5,8H2,(H3,18,19,20). The lowest BCUT2D eigenvalue weighted by atomic mass is 9.96. The summed E-state index contributed by atoms with van der Waals surface area (Å²) in [5.74, 6) is 0.532. The molecule has 0 unspecified atom stereocenters. The van der Waals surface area contributed by atoms with Gasteiger partial charge in [0, 0.05) is 16.8 Å². The molecule has 0 amide bonds. The fourth-order valence-electron chi connectivity index (χ4n) is 3.04. The first-order chi connectivity index (χ1) is 9.66. The van der Waals surface area contributed by atoms with Gasteiger partial charge in [0.05, 0.1) is 5.02 Å². The Morgan fingerprint density at radius 3 is 2.85 bits per heavy atom. The Hall–Kier alpha value is -1.55. The Morgan fingerprint density at radius 1 is 1.35 bits per heavy atom. The molecule has 106 valence electrons. The highest BCUT2D eigenvalue weighted by Crippen LogP contribution is 2.36. The third kappa shape index (κ3) is 2.40. The van der Waals surface area contributed by atoms with Gasteiger partial charge in [-0.2, -0.15) is 5.10 Å². The lowest BCUT2D eigenvalue weighted by molar-refractivity contribution is 0.539.